The Labute approximate surface area is 138 Å². The molecular weight excluding hydrogens is 326 g/mol. The van der Waals surface area contributed by atoms with Gasteiger partial charge in [-0.25, -0.2) is 0 Å². The zero-order valence-electron chi connectivity index (χ0n) is 14.0. The minimum atomic E-state index is 0.289. The van der Waals surface area contributed by atoms with Crippen LogP contribution in [0.3, 0.4) is 0 Å². The molecule has 1 amide bonds. The molecule has 0 heterocycles. The summed E-state index contributed by atoms with van der Waals surface area (Å²) < 4.78 is 0. The zero-order valence-corrected chi connectivity index (χ0v) is 15.6. The lowest BCUT2D eigenvalue weighted by Gasteiger charge is -2.65. The normalized spacial score (nSPS) is 45.7. The van der Waals surface area contributed by atoms with Gasteiger partial charge in [-0.15, -0.1) is 0 Å². The van der Waals surface area contributed by atoms with E-state index in [2.05, 4.69) is 36.7 Å². The quantitative estimate of drug-likeness (QED) is 0.674. The Balaban J connectivity index is 1.77. The SMILES string of the molecule is CC(CBr)N(C)C(=O)CC12CC3CC(C)(CC(C)(C3)C1)C2. The summed E-state index contributed by atoms with van der Waals surface area (Å²) in [5.74, 6) is 1.24. The van der Waals surface area contributed by atoms with E-state index in [0.29, 0.717) is 22.2 Å². The Morgan fingerprint density at radius 3 is 2.24 bits per heavy atom. The summed E-state index contributed by atoms with van der Waals surface area (Å²) in [7, 11) is 1.97. The summed E-state index contributed by atoms with van der Waals surface area (Å²) in [5, 5.41) is 0.861. The molecule has 0 spiro atoms. The highest BCUT2D eigenvalue weighted by molar-refractivity contribution is 9.09. The number of alkyl halides is 1. The summed E-state index contributed by atoms with van der Waals surface area (Å²) in [4.78, 5) is 14.7. The molecule has 4 aliphatic carbocycles. The third kappa shape index (κ3) is 2.80. The summed E-state index contributed by atoms with van der Waals surface area (Å²) in [6, 6.07) is 0.289. The molecule has 0 aromatic rings. The monoisotopic (exact) mass is 355 g/mol. The van der Waals surface area contributed by atoms with Gasteiger partial charge in [-0.3, -0.25) is 4.79 Å². The van der Waals surface area contributed by atoms with Gasteiger partial charge in [0.1, 0.15) is 0 Å². The van der Waals surface area contributed by atoms with E-state index in [-0.39, 0.29) is 6.04 Å². The molecule has 4 rings (SSSR count). The summed E-state index contributed by atoms with van der Waals surface area (Å²) in [6.45, 7) is 7.09. The lowest BCUT2D eigenvalue weighted by atomic mass is 9.40. The van der Waals surface area contributed by atoms with Gasteiger partial charge in [0.25, 0.3) is 0 Å². The Bertz CT molecular complexity index is 430. The molecule has 120 valence electrons. The van der Waals surface area contributed by atoms with Crippen LogP contribution in [0.25, 0.3) is 0 Å². The molecule has 4 aliphatic rings. The fourth-order valence-corrected chi connectivity index (χ4v) is 7.11. The maximum absolute atomic E-state index is 12.7. The number of rotatable bonds is 4. The number of halogens is 1. The van der Waals surface area contributed by atoms with Crippen molar-refractivity contribution in [2.24, 2.45) is 22.2 Å². The molecular formula is C18H30BrNO. The van der Waals surface area contributed by atoms with Crippen LogP contribution in [0.15, 0.2) is 0 Å². The second kappa shape index (κ2) is 4.97. The Morgan fingerprint density at radius 2 is 1.76 bits per heavy atom. The van der Waals surface area contributed by atoms with Gasteiger partial charge in [-0.05, 0) is 67.6 Å². The molecule has 3 unspecified atom stereocenters. The van der Waals surface area contributed by atoms with E-state index in [4.69, 9.17) is 0 Å². The van der Waals surface area contributed by atoms with Crippen molar-refractivity contribution in [3.05, 3.63) is 0 Å². The van der Waals surface area contributed by atoms with Gasteiger partial charge < -0.3 is 4.90 Å². The van der Waals surface area contributed by atoms with E-state index in [1.807, 2.05) is 11.9 Å². The van der Waals surface area contributed by atoms with Crippen LogP contribution >= 0.6 is 15.9 Å². The molecule has 21 heavy (non-hydrogen) atoms. The molecule has 2 nitrogen and oxygen atoms in total. The van der Waals surface area contributed by atoms with Crippen molar-refractivity contribution in [2.75, 3.05) is 12.4 Å². The molecule has 0 N–H and O–H groups in total. The second-order valence-corrected chi connectivity index (χ2v) is 9.96. The standard InChI is InChI=1S/C18H30BrNO/c1-13(9-19)20(4)15(21)8-18-7-14-5-16(2,11-18)10-17(3,6-14)12-18/h13-14H,5-12H2,1-4H3. The van der Waals surface area contributed by atoms with Crippen molar-refractivity contribution < 1.29 is 4.79 Å². The molecule has 4 fully saturated rings. The fourth-order valence-electron chi connectivity index (χ4n) is 6.68. The van der Waals surface area contributed by atoms with Gasteiger partial charge in [0.05, 0.1) is 0 Å². The van der Waals surface area contributed by atoms with Crippen molar-refractivity contribution in [3.63, 3.8) is 0 Å². The first-order valence-electron chi connectivity index (χ1n) is 8.50. The minimum absolute atomic E-state index is 0.289. The Hall–Kier alpha value is -0.0500. The minimum Gasteiger partial charge on any atom is -0.342 e. The summed E-state index contributed by atoms with van der Waals surface area (Å²) >= 11 is 3.50. The van der Waals surface area contributed by atoms with E-state index in [1.54, 1.807) is 0 Å². The first kappa shape index (κ1) is 15.8. The predicted molar refractivity (Wildman–Crippen MR) is 90.5 cm³/mol. The van der Waals surface area contributed by atoms with Crippen LogP contribution in [-0.2, 0) is 4.79 Å². The third-order valence-corrected chi connectivity index (χ3v) is 7.48. The van der Waals surface area contributed by atoms with E-state index < -0.39 is 0 Å². The van der Waals surface area contributed by atoms with E-state index in [9.17, 15) is 4.79 Å². The van der Waals surface area contributed by atoms with Crippen molar-refractivity contribution in [1.82, 2.24) is 4.90 Å². The fraction of sp³-hybridized carbons (Fsp3) is 0.944. The highest BCUT2D eigenvalue weighted by Gasteiger charge is 2.60. The van der Waals surface area contributed by atoms with Gasteiger partial charge in [-0.1, -0.05) is 29.8 Å². The maximum atomic E-state index is 12.7. The lowest BCUT2D eigenvalue weighted by Crippen LogP contribution is -2.56. The molecule has 0 aromatic heterocycles. The highest BCUT2D eigenvalue weighted by Crippen LogP contribution is 2.70. The number of amides is 1. The van der Waals surface area contributed by atoms with E-state index >= 15 is 0 Å². The number of carbonyl (C=O) groups excluding carboxylic acids is 1. The van der Waals surface area contributed by atoms with Crippen LogP contribution in [0.2, 0.25) is 0 Å². The average Bonchev–Trinajstić information content (AvgIpc) is 2.31. The summed E-state index contributed by atoms with van der Waals surface area (Å²) in [6.07, 6.45) is 8.87. The van der Waals surface area contributed by atoms with Crippen LogP contribution in [0.1, 0.15) is 65.7 Å². The first-order valence-corrected chi connectivity index (χ1v) is 9.62. The van der Waals surface area contributed by atoms with Gasteiger partial charge in [0.15, 0.2) is 0 Å². The molecule has 4 saturated carbocycles. The topological polar surface area (TPSA) is 20.3 Å². The van der Waals surface area contributed by atoms with Gasteiger partial charge in [0.2, 0.25) is 5.91 Å². The van der Waals surface area contributed by atoms with Crippen LogP contribution in [0.4, 0.5) is 0 Å². The average molecular weight is 356 g/mol. The van der Waals surface area contributed by atoms with Crippen molar-refractivity contribution >= 4 is 21.8 Å². The molecule has 0 saturated heterocycles. The predicted octanol–water partition coefficient (Wildman–Crippen LogP) is 4.61. The first-order chi connectivity index (χ1) is 9.68. The van der Waals surface area contributed by atoms with Crippen molar-refractivity contribution in [3.8, 4) is 0 Å². The van der Waals surface area contributed by atoms with Crippen LogP contribution in [0, 0.1) is 22.2 Å². The molecule has 0 radical (unpaired) electrons. The third-order valence-electron chi connectivity index (χ3n) is 6.55. The highest BCUT2D eigenvalue weighted by atomic mass is 79.9. The van der Waals surface area contributed by atoms with Gasteiger partial charge in [-0.2, -0.15) is 0 Å². The van der Waals surface area contributed by atoms with Crippen LogP contribution < -0.4 is 0 Å². The number of carbonyl (C=O) groups is 1. The van der Waals surface area contributed by atoms with Gasteiger partial charge >= 0.3 is 0 Å². The van der Waals surface area contributed by atoms with E-state index in [0.717, 1.165) is 17.7 Å². The number of hydrogen-bond donors (Lipinski definition) is 0. The molecule has 0 aliphatic heterocycles. The van der Waals surface area contributed by atoms with E-state index in [1.165, 1.54) is 38.5 Å². The van der Waals surface area contributed by atoms with Crippen molar-refractivity contribution in [1.29, 1.82) is 0 Å². The summed E-state index contributed by atoms with van der Waals surface area (Å²) in [5.41, 5.74) is 1.32. The Kier molecular flexibility index (Phi) is 3.75. The molecule has 4 bridgehead atoms. The molecule has 3 atom stereocenters. The van der Waals surface area contributed by atoms with Crippen molar-refractivity contribution in [2.45, 2.75) is 71.8 Å². The molecule has 0 aromatic carbocycles. The molecule has 3 heteroatoms. The van der Waals surface area contributed by atoms with Crippen LogP contribution in [0.5, 0.6) is 0 Å². The number of hydrogen-bond acceptors (Lipinski definition) is 1. The number of nitrogens with zero attached hydrogens (tertiary/aromatic N) is 1. The smallest absolute Gasteiger partial charge is 0.223 e. The van der Waals surface area contributed by atoms with Crippen LogP contribution in [-0.4, -0.2) is 29.2 Å². The Morgan fingerprint density at radius 1 is 1.19 bits per heavy atom. The zero-order chi connectivity index (χ0) is 15.5. The second-order valence-electron chi connectivity index (χ2n) is 9.31. The largest absolute Gasteiger partial charge is 0.342 e. The lowest BCUT2D eigenvalue weighted by molar-refractivity contribution is -0.161. The van der Waals surface area contributed by atoms with Gasteiger partial charge in [0, 0.05) is 24.8 Å². The maximum Gasteiger partial charge on any atom is 0.223 e.